The number of sulfonamides is 1. The summed E-state index contributed by atoms with van der Waals surface area (Å²) >= 11 is 6.05. The number of hydrogen-bond acceptors (Lipinski definition) is 6. The Morgan fingerprint density at radius 1 is 1.29 bits per heavy atom. The molecule has 9 nitrogen and oxygen atoms in total. The number of ether oxygens (including phenoxy) is 1. The Morgan fingerprint density at radius 2 is 2.00 bits per heavy atom. The van der Waals surface area contributed by atoms with E-state index in [1.54, 1.807) is 19.1 Å². The van der Waals surface area contributed by atoms with Crippen molar-refractivity contribution >= 4 is 38.9 Å². The molecule has 0 heterocycles. The van der Waals surface area contributed by atoms with Crippen molar-refractivity contribution in [3.8, 4) is 5.75 Å². The third-order valence-electron chi connectivity index (χ3n) is 4.44. The van der Waals surface area contributed by atoms with Gasteiger partial charge in [-0.1, -0.05) is 30.7 Å². The molecule has 1 atom stereocenters. The molecule has 0 radical (unpaired) electrons. The minimum absolute atomic E-state index is 0.0456. The summed E-state index contributed by atoms with van der Waals surface area (Å²) < 4.78 is 31.3. The fraction of sp³-hybridized carbons (Fsp3) is 0.350. The maximum Gasteiger partial charge on any atom is 0.271 e. The van der Waals surface area contributed by atoms with Crippen molar-refractivity contribution in [3.05, 3.63) is 63.2 Å². The molecule has 2 aromatic carbocycles. The number of anilines is 1. The number of carbonyl (C=O) groups is 1. The lowest BCUT2D eigenvalue weighted by atomic mass is 10.2. The fourth-order valence-electron chi connectivity index (χ4n) is 2.93. The predicted octanol–water partition coefficient (Wildman–Crippen LogP) is 3.30. The Hall–Kier alpha value is -2.85. The van der Waals surface area contributed by atoms with E-state index in [-0.39, 0.29) is 30.9 Å². The van der Waals surface area contributed by atoms with Crippen molar-refractivity contribution in [1.82, 2.24) is 5.32 Å². The number of aryl methyl sites for hydroxylation is 1. The number of non-ortho nitro benzene ring substituents is 1. The number of amides is 1. The highest BCUT2D eigenvalue weighted by molar-refractivity contribution is 7.92. The highest BCUT2D eigenvalue weighted by atomic mass is 35.5. The molecule has 168 valence electrons. The lowest BCUT2D eigenvalue weighted by Crippen LogP contribution is -2.50. The van der Waals surface area contributed by atoms with E-state index in [0.29, 0.717) is 10.8 Å². The van der Waals surface area contributed by atoms with E-state index in [1.165, 1.54) is 18.2 Å². The number of nitrogens with zero attached hydrogens (tertiary/aromatic N) is 2. The van der Waals surface area contributed by atoms with Crippen molar-refractivity contribution in [2.24, 2.45) is 0 Å². The molecule has 0 spiro atoms. The normalized spacial score (nSPS) is 12.1. The Labute approximate surface area is 186 Å². The average molecular weight is 470 g/mol. The van der Waals surface area contributed by atoms with Crippen LogP contribution in [0.3, 0.4) is 0 Å². The maximum atomic E-state index is 12.7. The van der Waals surface area contributed by atoms with Crippen LogP contribution < -0.4 is 14.4 Å². The van der Waals surface area contributed by atoms with Crippen LogP contribution >= 0.6 is 11.6 Å². The first-order chi connectivity index (χ1) is 14.5. The highest BCUT2D eigenvalue weighted by Crippen LogP contribution is 2.26. The topological polar surface area (TPSA) is 119 Å². The molecular formula is C20H24ClN3O6S. The maximum absolute atomic E-state index is 12.7. The molecule has 2 rings (SSSR count). The minimum Gasteiger partial charge on any atom is -0.492 e. The lowest BCUT2D eigenvalue weighted by molar-refractivity contribution is -0.384. The Morgan fingerprint density at radius 3 is 2.58 bits per heavy atom. The Kier molecular flexibility index (Phi) is 8.23. The summed E-state index contributed by atoms with van der Waals surface area (Å²) in [6, 6.07) is 9.32. The quantitative estimate of drug-likeness (QED) is 0.324. The zero-order valence-electron chi connectivity index (χ0n) is 17.4. The first-order valence-electron chi connectivity index (χ1n) is 9.45. The van der Waals surface area contributed by atoms with Gasteiger partial charge in [0.1, 0.15) is 18.4 Å². The molecule has 11 heteroatoms. The van der Waals surface area contributed by atoms with Crippen molar-refractivity contribution in [2.45, 2.75) is 26.3 Å². The predicted molar refractivity (Wildman–Crippen MR) is 119 cm³/mol. The van der Waals surface area contributed by atoms with Gasteiger partial charge in [0, 0.05) is 17.2 Å². The summed E-state index contributed by atoms with van der Waals surface area (Å²) in [5.41, 5.74) is 0.686. The van der Waals surface area contributed by atoms with Crippen molar-refractivity contribution < 1.29 is 22.9 Å². The second-order valence-corrected chi connectivity index (χ2v) is 9.08. The van der Waals surface area contributed by atoms with Crippen LogP contribution in [0.15, 0.2) is 42.5 Å². The number of nitrogens with one attached hydrogen (secondary N) is 1. The molecule has 0 aliphatic carbocycles. The Balaban J connectivity index is 2.10. The van der Waals surface area contributed by atoms with E-state index in [1.807, 2.05) is 13.0 Å². The number of carbonyl (C=O) groups excluding carboxylic acids is 1. The van der Waals surface area contributed by atoms with Gasteiger partial charge in [-0.15, -0.1) is 0 Å². The van der Waals surface area contributed by atoms with Crippen LogP contribution in [0, 0.1) is 17.0 Å². The molecule has 0 aliphatic heterocycles. The molecule has 0 aromatic heterocycles. The van der Waals surface area contributed by atoms with E-state index in [0.717, 1.165) is 22.2 Å². The van der Waals surface area contributed by atoms with E-state index >= 15 is 0 Å². The van der Waals surface area contributed by atoms with Gasteiger partial charge in [0.05, 0.1) is 23.4 Å². The van der Waals surface area contributed by atoms with Gasteiger partial charge in [-0.05, 0) is 37.1 Å². The SMILES string of the molecule is CC[C@@H](C(=O)NCCOc1ccc(C)c(Cl)c1)N(c1cccc([N+](=O)[O-])c1)S(C)(=O)=O. The molecule has 31 heavy (non-hydrogen) atoms. The molecule has 0 unspecified atom stereocenters. The highest BCUT2D eigenvalue weighted by Gasteiger charge is 2.32. The van der Waals surface area contributed by atoms with Crippen LogP contribution in [-0.2, 0) is 14.8 Å². The Bertz CT molecular complexity index is 1060. The van der Waals surface area contributed by atoms with Gasteiger partial charge >= 0.3 is 0 Å². The summed E-state index contributed by atoms with van der Waals surface area (Å²) in [4.78, 5) is 23.2. The summed E-state index contributed by atoms with van der Waals surface area (Å²) in [5.74, 6) is 0.0104. The van der Waals surface area contributed by atoms with Gasteiger partial charge in [0.15, 0.2) is 0 Å². The number of nitro benzene ring substituents is 1. The van der Waals surface area contributed by atoms with E-state index < -0.39 is 26.9 Å². The monoisotopic (exact) mass is 469 g/mol. The van der Waals surface area contributed by atoms with Crippen LogP contribution in [0.25, 0.3) is 0 Å². The number of rotatable bonds is 10. The van der Waals surface area contributed by atoms with Crippen molar-refractivity contribution in [2.75, 3.05) is 23.7 Å². The molecule has 1 amide bonds. The number of hydrogen-bond donors (Lipinski definition) is 1. The van der Waals surface area contributed by atoms with Crippen LogP contribution in [0.1, 0.15) is 18.9 Å². The molecule has 0 saturated carbocycles. The second-order valence-electron chi connectivity index (χ2n) is 6.81. The van der Waals surface area contributed by atoms with E-state index in [2.05, 4.69) is 5.32 Å². The molecule has 1 N–H and O–H groups in total. The van der Waals surface area contributed by atoms with E-state index in [4.69, 9.17) is 16.3 Å². The number of halogens is 1. The van der Waals surface area contributed by atoms with Crippen LogP contribution in [0.5, 0.6) is 5.75 Å². The third-order valence-corrected chi connectivity index (χ3v) is 6.03. The van der Waals surface area contributed by atoms with E-state index in [9.17, 15) is 23.3 Å². The minimum atomic E-state index is -3.90. The molecule has 0 aliphatic rings. The summed E-state index contributed by atoms with van der Waals surface area (Å²) in [6.07, 6.45) is 1.11. The summed E-state index contributed by atoms with van der Waals surface area (Å²) in [7, 11) is -3.90. The fourth-order valence-corrected chi connectivity index (χ4v) is 4.30. The number of benzene rings is 2. The van der Waals surface area contributed by atoms with Gasteiger partial charge in [0.25, 0.3) is 5.69 Å². The van der Waals surface area contributed by atoms with Gasteiger partial charge in [-0.25, -0.2) is 8.42 Å². The first-order valence-corrected chi connectivity index (χ1v) is 11.7. The zero-order chi connectivity index (χ0) is 23.2. The van der Waals surface area contributed by atoms with Gasteiger partial charge in [0.2, 0.25) is 15.9 Å². The lowest BCUT2D eigenvalue weighted by Gasteiger charge is -2.30. The first kappa shape index (κ1) is 24.4. The van der Waals surface area contributed by atoms with Crippen LogP contribution in [-0.4, -0.2) is 44.7 Å². The molecule has 2 aromatic rings. The standard InChI is InChI=1S/C20H24ClN3O6S/c1-4-19(20(25)22-10-11-30-17-9-8-14(2)18(21)13-17)23(31(3,28)29)15-6-5-7-16(12-15)24(26)27/h5-9,12-13,19H,4,10-11H2,1-3H3,(H,22,25)/t19-/m0/s1. The largest absolute Gasteiger partial charge is 0.492 e. The van der Waals surface area contributed by atoms with Gasteiger partial charge < -0.3 is 10.1 Å². The van der Waals surface area contributed by atoms with Crippen molar-refractivity contribution in [1.29, 1.82) is 0 Å². The molecule has 0 saturated heterocycles. The van der Waals surface area contributed by atoms with Crippen LogP contribution in [0.4, 0.5) is 11.4 Å². The smallest absolute Gasteiger partial charge is 0.271 e. The summed E-state index contributed by atoms with van der Waals surface area (Å²) in [5, 5.41) is 14.3. The zero-order valence-corrected chi connectivity index (χ0v) is 18.9. The molecule has 0 fully saturated rings. The summed E-state index contributed by atoms with van der Waals surface area (Å²) in [6.45, 7) is 3.81. The number of nitro groups is 1. The average Bonchev–Trinajstić information content (AvgIpc) is 2.70. The molecule has 0 bridgehead atoms. The van der Waals surface area contributed by atoms with Gasteiger partial charge in [-0.3, -0.25) is 19.2 Å². The second kappa shape index (κ2) is 10.5. The van der Waals surface area contributed by atoms with Crippen molar-refractivity contribution in [3.63, 3.8) is 0 Å². The molecular weight excluding hydrogens is 446 g/mol. The van der Waals surface area contributed by atoms with Gasteiger partial charge in [-0.2, -0.15) is 0 Å². The van der Waals surface area contributed by atoms with Crippen LogP contribution in [0.2, 0.25) is 5.02 Å². The third kappa shape index (κ3) is 6.56.